The number of carbonyl (C=O) groups excluding carboxylic acids is 3. The fourth-order valence-corrected chi connectivity index (χ4v) is 1.93. The van der Waals surface area contributed by atoms with E-state index < -0.39 is 30.1 Å². The molecule has 0 aliphatic rings. The first-order valence-electron chi connectivity index (χ1n) is 7.74. The first-order valence-corrected chi connectivity index (χ1v) is 7.74. The number of nitrogens with one attached hydrogen (secondary N) is 2. The number of ether oxygens (including phenoxy) is 1. The van der Waals surface area contributed by atoms with E-state index in [1.165, 1.54) is 6.08 Å². The van der Waals surface area contributed by atoms with Crippen molar-refractivity contribution >= 4 is 17.9 Å². The fraction of sp³-hybridized carbons (Fsp3) is 0.353. The van der Waals surface area contributed by atoms with Crippen molar-refractivity contribution in [2.45, 2.75) is 31.6 Å². The molecule has 1 aromatic rings. The van der Waals surface area contributed by atoms with Gasteiger partial charge in [-0.15, -0.1) is 6.58 Å². The zero-order valence-corrected chi connectivity index (χ0v) is 13.8. The van der Waals surface area contributed by atoms with Crippen molar-refractivity contribution in [2.24, 2.45) is 5.73 Å². The standard InChI is InChI=1S/C17H23N3O5/c1-2-6-14(16(18)23)20-15(22)9-13(21)10-19-17(24)25-11-12-7-4-3-5-8-12/h2-5,7-8,13-14,21H,1,6,9-11H2,(H2,18,23)(H,19,24)(H,20,22)/t13-,14+/m1/s1. The van der Waals surface area contributed by atoms with Crippen molar-refractivity contribution < 1.29 is 24.2 Å². The molecule has 25 heavy (non-hydrogen) atoms. The second-order valence-corrected chi connectivity index (χ2v) is 5.35. The van der Waals surface area contributed by atoms with Crippen LogP contribution < -0.4 is 16.4 Å². The van der Waals surface area contributed by atoms with Gasteiger partial charge in [-0.2, -0.15) is 0 Å². The molecule has 0 aliphatic heterocycles. The predicted molar refractivity (Wildman–Crippen MR) is 91.2 cm³/mol. The molecule has 0 bridgehead atoms. The highest BCUT2D eigenvalue weighted by atomic mass is 16.5. The van der Waals surface area contributed by atoms with Gasteiger partial charge in [-0.3, -0.25) is 9.59 Å². The highest BCUT2D eigenvalue weighted by Crippen LogP contribution is 2.01. The van der Waals surface area contributed by atoms with E-state index in [9.17, 15) is 19.5 Å². The Morgan fingerprint density at radius 3 is 2.56 bits per heavy atom. The summed E-state index contributed by atoms with van der Waals surface area (Å²) in [6.45, 7) is 3.41. The molecular weight excluding hydrogens is 326 g/mol. The number of benzene rings is 1. The lowest BCUT2D eigenvalue weighted by atomic mass is 10.1. The van der Waals surface area contributed by atoms with E-state index in [0.717, 1.165) is 5.56 Å². The van der Waals surface area contributed by atoms with Gasteiger partial charge in [0.2, 0.25) is 11.8 Å². The minimum atomic E-state index is -1.12. The molecule has 8 heteroatoms. The third-order valence-corrected chi connectivity index (χ3v) is 3.20. The topological polar surface area (TPSA) is 131 Å². The molecule has 0 heterocycles. The minimum absolute atomic E-state index is 0.102. The molecule has 0 saturated carbocycles. The summed E-state index contributed by atoms with van der Waals surface area (Å²) in [5.74, 6) is -1.25. The van der Waals surface area contributed by atoms with Crippen molar-refractivity contribution in [1.82, 2.24) is 10.6 Å². The second-order valence-electron chi connectivity index (χ2n) is 5.35. The molecular formula is C17H23N3O5. The predicted octanol–water partition coefficient (Wildman–Crippen LogP) is 0.210. The van der Waals surface area contributed by atoms with Crippen molar-refractivity contribution in [2.75, 3.05) is 6.54 Å². The number of carbonyl (C=O) groups is 3. The summed E-state index contributed by atoms with van der Waals surface area (Å²) < 4.78 is 4.98. The molecule has 3 amide bonds. The molecule has 0 aliphatic carbocycles. The summed E-state index contributed by atoms with van der Waals surface area (Å²) in [6, 6.07) is 8.24. The minimum Gasteiger partial charge on any atom is -0.445 e. The Balaban J connectivity index is 2.27. The van der Waals surface area contributed by atoms with E-state index in [1.54, 1.807) is 0 Å². The zero-order chi connectivity index (χ0) is 18.7. The van der Waals surface area contributed by atoms with Gasteiger partial charge >= 0.3 is 6.09 Å². The maximum Gasteiger partial charge on any atom is 0.407 e. The summed E-state index contributed by atoms with van der Waals surface area (Å²) in [4.78, 5) is 34.4. The third kappa shape index (κ3) is 8.52. The molecule has 1 rings (SSSR count). The summed E-state index contributed by atoms with van der Waals surface area (Å²) in [5, 5.41) is 14.5. The van der Waals surface area contributed by atoms with Crippen LogP contribution in [0.4, 0.5) is 4.79 Å². The molecule has 136 valence electrons. The van der Waals surface area contributed by atoms with Crippen LogP contribution in [0, 0.1) is 0 Å². The van der Waals surface area contributed by atoms with E-state index in [4.69, 9.17) is 10.5 Å². The summed E-state index contributed by atoms with van der Waals surface area (Å²) in [6.07, 6.45) is -0.469. The van der Waals surface area contributed by atoms with Crippen molar-refractivity contribution in [1.29, 1.82) is 0 Å². The van der Waals surface area contributed by atoms with Crippen LogP contribution in [0.15, 0.2) is 43.0 Å². The lowest BCUT2D eigenvalue weighted by molar-refractivity contribution is -0.128. The molecule has 0 saturated heterocycles. The number of hydrogen-bond donors (Lipinski definition) is 4. The van der Waals surface area contributed by atoms with Gasteiger partial charge in [0.1, 0.15) is 12.6 Å². The van der Waals surface area contributed by atoms with Gasteiger partial charge in [0.05, 0.1) is 12.5 Å². The molecule has 8 nitrogen and oxygen atoms in total. The first-order chi connectivity index (χ1) is 11.9. The number of alkyl carbamates (subject to hydrolysis) is 1. The SMILES string of the molecule is C=CC[C@H](NC(=O)C[C@@H](O)CNC(=O)OCc1ccccc1)C(N)=O. The average Bonchev–Trinajstić information content (AvgIpc) is 2.58. The Morgan fingerprint density at radius 1 is 1.28 bits per heavy atom. The molecule has 0 unspecified atom stereocenters. The molecule has 0 radical (unpaired) electrons. The van der Waals surface area contributed by atoms with Gasteiger partial charge in [0.15, 0.2) is 0 Å². The Morgan fingerprint density at radius 2 is 1.96 bits per heavy atom. The third-order valence-electron chi connectivity index (χ3n) is 3.20. The lowest BCUT2D eigenvalue weighted by Gasteiger charge is -2.16. The van der Waals surface area contributed by atoms with Gasteiger partial charge in [-0.25, -0.2) is 4.79 Å². The maximum absolute atomic E-state index is 11.7. The quantitative estimate of drug-likeness (QED) is 0.449. The molecule has 0 spiro atoms. The average molecular weight is 349 g/mol. The van der Waals surface area contributed by atoms with Gasteiger partial charge in [-0.05, 0) is 12.0 Å². The van der Waals surface area contributed by atoms with Crippen LogP contribution in [-0.4, -0.2) is 41.7 Å². The van der Waals surface area contributed by atoms with E-state index in [2.05, 4.69) is 17.2 Å². The number of aliphatic hydroxyl groups is 1. The number of primary amides is 1. The highest BCUT2D eigenvalue weighted by molar-refractivity contribution is 5.86. The summed E-state index contributed by atoms with van der Waals surface area (Å²) in [7, 11) is 0. The van der Waals surface area contributed by atoms with Crippen LogP contribution in [0.25, 0.3) is 0 Å². The molecule has 0 fully saturated rings. The number of aliphatic hydroxyl groups excluding tert-OH is 1. The molecule has 2 atom stereocenters. The Kier molecular flexibility index (Phi) is 8.73. The number of amides is 3. The Hall–Kier alpha value is -2.87. The normalized spacial score (nSPS) is 12.5. The second kappa shape index (κ2) is 10.8. The smallest absolute Gasteiger partial charge is 0.407 e. The van der Waals surface area contributed by atoms with Crippen LogP contribution in [0.5, 0.6) is 0 Å². The van der Waals surface area contributed by atoms with E-state index >= 15 is 0 Å². The van der Waals surface area contributed by atoms with Gasteiger partial charge in [0, 0.05) is 6.54 Å². The van der Waals surface area contributed by atoms with Crippen LogP contribution in [0.3, 0.4) is 0 Å². The van der Waals surface area contributed by atoms with Crippen LogP contribution in [-0.2, 0) is 20.9 Å². The first kappa shape index (κ1) is 20.2. The van der Waals surface area contributed by atoms with Gasteiger partial charge in [-0.1, -0.05) is 36.4 Å². The lowest BCUT2D eigenvalue weighted by Crippen LogP contribution is -2.45. The van der Waals surface area contributed by atoms with Crippen LogP contribution >= 0.6 is 0 Å². The van der Waals surface area contributed by atoms with E-state index in [-0.39, 0.29) is 26.0 Å². The monoisotopic (exact) mass is 349 g/mol. The van der Waals surface area contributed by atoms with Crippen LogP contribution in [0.1, 0.15) is 18.4 Å². The van der Waals surface area contributed by atoms with Crippen LogP contribution in [0.2, 0.25) is 0 Å². The molecule has 0 aromatic heterocycles. The summed E-state index contributed by atoms with van der Waals surface area (Å²) >= 11 is 0. The number of nitrogens with two attached hydrogens (primary N) is 1. The highest BCUT2D eigenvalue weighted by Gasteiger charge is 2.19. The van der Waals surface area contributed by atoms with Crippen molar-refractivity contribution in [3.05, 3.63) is 48.6 Å². The van der Waals surface area contributed by atoms with E-state index in [1.807, 2.05) is 30.3 Å². The Bertz CT molecular complexity index is 591. The van der Waals surface area contributed by atoms with Crippen molar-refractivity contribution in [3.8, 4) is 0 Å². The fourth-order valence-electron chi connectivity index (χ4n) is 1.93. The van der Waals surface area contributed by atoms with Crippen molar-refractivity contribution in [3.63, 3.8) is 0 Å². The number of hydrogen-bond acceptors (Lipinski definition) is 5. The van der Waals surface area contributed by atoms with E-state index in [0.29, 0.717) is 0 Å². The Labute approximate surface area is 146 Å². The van der Waals surface area contributed by atoms with Gasteiger partial charge < -0.3 is 26.2 Å². The zero-order valence-electron chi connectivity index (χ0n) is 13.8. The molecule has 1 aromatic carbocycles. The maximum atomic E-state index is 11.7. The molecule has 5 N–H and O–H groups in total. The van der Waals surface area contributed by atoms with Gasteiger partial charge in [0.25, 0.3) is 0 Å². The largest absolute Gasteiger partial charge is 0.445 e. The summed E-state index contributed by atoms with van der Waals surface area (Å²) in [5.41, 5.74) is 5.97. The number of rotatable bonds is 10.